The number of hydrazine groups is 1. The number of carbonyl (C=O) groups excluding carboxylic acids is 3. The van der Waals surface area contributed by atoms with E-state index in [0.717, 1.165) is 29.3 Å². The molecular formula is C23H20FN3O5. The number of hydrogen-bond donors (Lipinski definition) is 0. The van der Waals surface area contributed by atoms with E-state index in [1.54, 1.807) is 6.07 Å². The fourth-order valence-corrected chi connectivity index (χ4v) is 5.53. The molecule has 2 aromatic carbocycles. The Morgan fingerprint density at radius 2 is 1.62 bits per heavy atom. The third-order valence-electron chi connectivity index (χ3n) is 6.98. The molecule has 3 aliphatic rings. The summed E-state index contributed by atoms with van der Waals surface area (Å²) in [5.41, 5.74) is 0.0256. The van der Waals surface area contributed by atoms with Gasteiger partial charge in [0.25, 0.3) is 23.4 Å². The van der Waals surface area contributed by atoms with Gasteiger partial charge in [-0.3, -0.25) is 24.5 Å². The predicted octanol–water partition coefficient (Wildman–Crippen LogP) is 3.32. The van der Waals surface area contributed by atoms with Crippen LogP contribution in [-0.2, 0) is 16.1 Å². The number of nitro groups is 1. The smallest absolute Gasteiger partial charge is 0.272 e. The fourth-order valence-electron chi connectivity index (χ4n) is 5.53. The number of halogens is 1. The van der Waals surface area contributed by atoms with Crippen LogP contribution in [-0.4, -0.2) is 32.7 Å². The van der Waals surface area contributed by atoms with Crippen molar-refractivity contribution in [3.63, 3.8) is 0 Å². The van der Waals surface area contributed by atoms with Gasteiger partial charge in [0, 0.05) is 23.3 Å². The van der Waals surface area contributed by atoms with Gasteiger partial charge in [-0.15, -0.1) is 0 Å². The first-order chi connectivity index (χ1) is 15.4. The Hall–Kier alpha value is -3.62. The molecule has 0 radical (unpaired) electrons. The summed E-state index contributed by atoms with van der Waals surface area (Å²) < 4.78 is 14.4. The molecule has 164 valence electrons. The van der Waals surface area contributed by atoms with Crippen LogP contribution in [0.3, 0.4) is 0 Å². The number of nitrogens with zero attached hydrogens (tertiary/aromatic N) is 3. The monoisotopic (exact) mass is 437 g/mol. The van der Waals surface area contributed by atoms with E-state index in [9.17, 15) is 28.9 Å². The highest BCUT2D eigenvalue weighted by Crippen LogP contribution is 2.56. The molecule has 9 heteroatoms. The van der Waals surface area contributed by atoms with E-state index in [2.05, 4.69) is 0 Å². The van der Waals surface area contributed by atoms with Crippen molar-refractivity contribution in [2.75, 3.05) is 0 Å². The number of benzene rings is 2. The molecule has 4 atom stereocenters. The molecule has 1 saturated heterocycles. The number of amides is 3. The van der Waals surface area contributed by atoms with Crippen molar-refractivity contribution in [1.29, 1.82) is 0 Å². The Bertz CT molecular complexity index is 1110. The first-order valence-electron chi connectivity index (χ1n) is 10.5. The first-order valence-corrected chi connectivity index (χ1v) is 10.5. The number of rotatable bonds is 5. The van der Waals surface area contributed by atoms with Crippen molar-refractivity contribution in [3.8, 4) is 0 Å². The van der Waals surface area contributed by atoms with Gasteiger partial charge in [0.1, 0.15) is 5.82 Å². The highest BCUT2D eigenvalue weighted by molar-refractivity contribution is 6.08. The van der Waals surface area contributed by atoms with E-state index >= 15 is 0 Å². The van der Waals surface area contributed by atoms with Crippen molar-refractivity contribution >= 4 is 23.4 Å². The van der Waals surface area contributed by atoms with Crippen molar-refractivity contribution < 1.29 is 23.7 Å². The zero-order chi connectivity index (χ0) is 22.6. The average Bonchev–Trinajstić information content (AvgIpc) is 3.47. The Morgan fingerprint density at radius 1 is 1.03 bits per heavy atom. The number of carbonyl (C=O) groups is 3. The summed E-state index contributed by atoms with van der Waals surface area (Å²) in [5.74, 6) is -2.70. The molecule has 1 heterocycles. The van der Waals surface area contributed by atoms with Gasteiger partial charge in [-0.05, 0) is 49.3 Å². The van der Waals surface area contributed by atoms with Crippen LogP contribution in [0.4, 0.5) is 10.1 Å². The van der Waals surface area contributed by atoms with Crippen LogP contribution < -0.4 is 0 Å². The van der Waals surface area contributed by atoms with Crippen LogP contribution in [0.2, 0.25) is 0 Å². The van der Waals surface area contributed by atoms with Gasteiger partial charge in [-0.1, -0.05) is 18.2 Å². The lowest BCUT2D eigenvalue weighted by Gasteiger charge is -2.31. The number of nitro benzene ring substituents is 1. The largest absolute Gasteiger partial charge is 0.273 e. The molecule has 0 N–H and O–H groups in total. The Morgan fingerprint density at radius 3 is 2.19 bits per heavy atom. The second kappa shape index (κ2) is 7.51. The van der Waals surface area contributed by atoms with Gasteiger partial charge in [0.15, 0.2) is 0 Å². The van der Waals surface area contributed by atoms with Crippen LogP contribution in [0, 0.1) is 39.6 Å². The SMILES string of the molecule is O=C(c1ccc([N+](=O)[O-])cc1)N(Cc1ccccc1F)N1C(=O)[C@@H]2[C@H]3CC[C@@H](C3)[C@H]2C1=O. The van der Waals surface area contributed by atoms with Gasteiger partial charge in [0.2, 0.25) is 0 Å². The third-order valence-corrected chi connectivity index (χ3v) is 6.98. The summed E-state index contributed by atoms with van der Waals surface area (Å²) in [4.78, 5) is 50.4. The Labute approximate surface area is 182 Å². The van der Waals surface area contributed by atoms with Gasteiger partial charge >= 0.3 is 0 Å². The molecule has 3 fully saturated rings. The zero-order valence-electron chi connectivity index (χ0n) is 17.0. The molecule has 1 aliphatic heterocycles. The lowest BCUT2D eigenvalue weighted by molar-refractivity contribution is -0.384. The second-order valence-electron chi connectivity index (χ2n) is 8.63. The molecule has 2 aliphatic carbocycles. The fraction of sp³-hybridized carbons (Fsp3) is 0.348. The summed E-state index contributed by atoms with van der Waals surface area (Å²) in [5, 5.41) is 12.8. The quantitative estimate of drug-likeness (QED) is 0.406. The maximum absolute atomic E-state index is 14.4. The minimum absolute atomic E-state index is 0.0626. The summed E-state index contributed by atoms with van der Waals surface area (Å²) in [6, 6.07) is 10.7. The molecule has 8 nitrogen and oxygen atoms in total. The molecule has 0 aromatic heterocycles. The first kappa shape index (κ1) is 20.3. The van der Waals surface area contributed by atoms with Crippen LogP contribution in [0.25, 0.3) is 0 Å². The third kappa shape index (κ3) is 3.07. The summed E-state index contributed by atoms with van der Waals surface area (Å²) in [6.45, 7) is -0.311. The lowest BCUT2D eigenvalue weighted by Crippen LogP contribution is -2.50. The lowest BCUT2D eigenvalue weighted by atomic mass is 9.81. The number of fused-ring (bicyclic) bond motifs is 5. The standard InChI is InChI=1S/C23H20FN3O5/c24-18-4-2-1-3-16(18)12-25(21(28)13-7-9-17(10-8-13)27(31)32)26-22(29)19-14-5-6-15(11-14)20(19)23(26)30/h1-4,7-10,14-15,19-20H,5-6,11-12H2/t14-,15-,19+,20+/m0/s1. The average molecular weight is 437 g/mol. The maximum atomic E-state index is 14.4. The molecule has 5 rings (SSSR count). The topological polar surface area (TPSA) is 101 Å². The minimum Gasteiger partial charge on any atom is -0.272 e. The van der Waals surface area contributed by atoms with Crippen molar-refractivity contribution in [1.82, 2.24) is 10.0 Å². The van der Waals surface area contributed by atoms with Crippen LogP contribution in [0.15, 0.2) is 48.5 Å². The molecular weight excluding hydrogens is 417 g/mol. The van der Waals surface area contributed by atoms with E-state index in [1.165, 1.54) is 42.5 Å². The molecule has 2 saturated carbocycles. The van der Waals surface area contributed by atoms with Gasteiger partial charge in [0.05, 0.1) is 23.3 Å². The van der Waals surface area contributed by atoms with E-state index in [-0.39, 0.29) is 35.2 Å². The minimum atomic E-state index is -0.697. The number of imide groups is 1. The molecule has 3 amide bonds. The molecule has 2 bridgehead atoms. The van der Waals surface area contributed by atoms with Gasteiger partial charge in [-0.2, -0.15) is 5.01 Å². The number of hydrogen-bond acceptors (Lipinski definition) is 5. The predicted molar refractivity (Wildman–Crippen MR) is 109 cm³/mol. The van der Waals surface area contributed by atoms with E-state index in [0.29, 0.717) is 0 Å². The zero-order valence-corrected chi connectivity index (χ0v) is 17.0. The van der Waals surface area contributed by atoms with Crippen LogP contribution in [0.5, 0.6) is 0 Å². The van der Waals surface area contributed by atoms with E-state index in [1.807, 2.05) is 0 Å². The Balaban J connectivity index is 1.52. The summed E-state index contributed by atoms with van der Waals surface area (Å²) in [6.07, 6.45) is 2.63. The van der Waals surface area contributed by atoms with Crippen molar-refractivity contribution in [3.05, 3.63) is 75.6 Å². The van der Waals surface area contributed by atoms with E-state index in [4.69, 9.17) is 0 Å². The van der Waals surface area contributed by atoms with Gasteiger partial charge in [-0.25, -0.2) is 9.40 Å². The highest BCUT2D eigenvalue weighted by atomic mass is 19.1. The van der Waals surface area contributed by atoms with E-state index < -0.39 is 40.3 Å². The van der Waals surface area contributed by atoms with Gasteiger partial charge < -0.3 is 0 Å². The summed E-state index contributed by atoms with van der Waals surface area (Å²) in [7, 11) is 0. The second-order valence-corrected chi connectivity index (χ2v) is 8.63. The molecule has 2 aromatic rings. The van der Waals surface area contributed by atoms with Crippen LogP contribution in [0.1, 0.15) is 35.2 Å². The Kier molecular flexibility index (Phi) is 4.76. The molecule has 32 heavy (non-hydrogen) atoms. The highest BCUT2D eigenvalue weighted by Gasteiger charge is 2.62. The normalized spacial score (nSPS) is 25.8. The van der Waals surface area contributed by atoms with Crippen molar-refractivity contribution in [2.45, 2.75) is 25.8 Å². The molecule has 0 unspecified atom stereocenters. The summed E-state index contributed by atoms with van der Waals surface area (Å²) >= 11 is 0. The maximum Gasteiger partial charge on any atom is 0.273 e. The van der Waals surface area contributed by atoms with Crippen molar-refractivity contribution in [2.24, 2.45) is 23.7 Å². The number of non-ortho nitro benzene ring substituents is 1. The van der Waals surface area contributed by atoms with Crippen LogP contribution >= 0.6 is 0 Å². The molecule has 0 spiro atoms.